The highest BCUT2D eigenvalue weighted by molar-refractivity contribution is 9.10. The second-order valence-corrected chi connectivity index (χ2v) is 9.06. The van der Waals surface area contributed by atoms with Gasteiger partial charge in [0.1, 0.15) is 10.8 Å². The number of hydrogen-bond donors (Lipinski definition) is 1. The molecule has 0 saturated carbocycles. The first-order valence-electron chi connectivity index (χ1n) is 7.00. The number of rotatable bonds is 5. The topological polar surface area (TPSA) is 85.1 Å². The summed E-state index contributed by atoms with van der Waals surface area (Å²) in [5.74, 6) is 0.607. The van der Waals surface area contributed by atoms with Gasteiger partial charge in [-0.3, -0.25) is 0 Å². The van der Waals surface area contributed by atoms with E-state index in [9.17, 15) is 8.42 Å². The molecule has 0 aliphatic carbocycles. The molecule has 9 heteroatoms. The fourth-order valence-electron chi connectivity index (χ4n) is 2.10. The molecule has 0 aliphatic rings. The molecular formula is C15H14BrN3O3S2. The highest BCUT2D eigenvalue weighted by Crippen LogP contribution is 2.29. The van der Waals surface area contributed by atoms with Crippen LogP contribution in [0, 0.1) is 13.8 Å². The van der Waals surface area contributed by atoms with Crippen LogP contribution in [0.4, 0.5) is 0 Å². The van der Waals surface area contributed by atoms with Gasteiger partial charge in [-0.1, -0.05) is 33.2 Å². The Morgan fingerprint density at radius 2 is 1.96 bits per heavy atom. The molecule has 2 aromatic heterocycles. The van der Waals surface area contributed by atoms with Crippen LogP contribution >= 0.6 is 27.3 Å². The number of sulfonamides is 1. The number of hydrogen-bond acceptors (Lipinski definition) is 6. The molecule has 0 amide bonds. The van der Waals surface area contributed by atoms with Crippen LogP contribution in [0.5, 0.6) is 0 Å². The monoisotopic (exact) mass is 427 g/mol. The van der Waals surface area contributed by atoms with Gasteiger partial charge in [0, 0.05) is 22.1 Å². The van der Waals surface area contributed by atoms with Gasteiger partial charge in [-0.2, -0.15) is 0 Å². The quantitative estimate of drug-likeness (QED) is 0.671. The number of aryl methyl sites for hydroxylation is 2. The molecule has 0 bridgehead atoms. The zero-order chi connectivity index (χ0) is 17.3. The van der Waals surface area contributed by atoms with Gasteiger partial charge in [-0.05, 0) is 26.0 Å². The highest BCUT2D eigenvalue weighted by Gasteiger charge is 2.20. The van der Waals surface area contributed by atoms with E-state index in [-0.39, 0.29) is 10.8 Å². The third kappa shape index (κ3) is 3.59. The first-order chi connectivity index (χ1) is 11.4. The molecule has 1 N–H and O–H groups in total. The van der Waals surface area contributed by atoms with E-state index in [0.29, 0.717) is 16.5 Å². The Hall–Kier alpha value is -1.55. The first-order valence-corrected chi connectivity index (χ1v) is 10.1. The van der Waals surface area contributed by atoms with E-state index in [1.54, 1.807) is 13.8 Å². The first kappa shape index (κ1) is 17.3. The summed E-state index contributed by atoms with van der Waals surface area (Å²) in [6.07, 6.45) is 1.37. The second kappa shape index (κ2) is 6.75. The Bertz CT molecular complexity index is 943. The average molecular weight is 428 g/mol. The number of aromatic nitrogens is 2. The van der Waals surface area contributed by atoms with Crippen molar-refractivity contribution in [2.24, 2.45) is 0 Å². The molecule has 3 rings (SSSR count). The summed E-state index contributed by atoms with van der Waals surface area (Å²) in [6.45, 7) is 3.66. The predicted octanol–water partition coefficient (Wildman–Crippen LogP) is 3.66. The maximum Gasteiger partial charge on any atom is 0.251 e. The van der Waals surface area contributed by atoms with Crippen molar-refractivity contribution in [1.29, 1.82) is 0 Å². The molecular weight excluding hydrogens is 414 g/mol. The Morgan fingerprint density at radius 3 is 2.58 bits per heavy atom. The average Bonchev–Trinajstić information content (AvgIpc) is 3.15. The number of thiazole rings is 1. The van der Waals surface area contributed by atoms with Gasteiger partial charge in [0.05, 0.1) is 11.9 Å². The van der Waals surface area contributed by atoms with Crippen LogP contribution in [0.1, 0.15) is 17.0 Å². The number of nitrogens with one attached hydrogen (secondary N) is 1. The lowest BCUT2D eigenvalue weighted by atomic mass is 10.2. The van der Waals surface area contributed by atoms with Crippen molar-refractivity contribution in [3.05, 3.63) is 52.0 Å². The predicted molar refractivity (Wildman–Crippen MR) is 95.3 cm³/mol. The van der Waals surface area contributed by atoms with E-state index in [1.807, 2.05) is 24.3 Å². The lowest BCUT2D eigenvalue weighted by Crippen LogP contribution is -2.22. The number of halogens is 1. The summed E-state index contributed by atoms with van der Waals surface area (Å²) < 4.78 is 33.6. The lowest BCUT2D eigenvalue weighted by molar-refractivity contribution is 0.392. The van der Waals surface area contributed by atoms with Gasteiger partial charge in [0.2, 0.25) is 0 Å². The van der Waals surface area contributed by atoms with Gasteiger partial charge in [-0.15, -0.1) is 11.3 Å². The molecule has 2 heterocycles. The zero-order valence-electron chi connectivity index (χ0n) is 12.9. The van der Waals surface area contributed by atoms with Crippen molar-refractivity contribution in [3.8, 4) is 10.6 Å². The molecule has 0 aliphatic heterocycles. The third-order valence-electron chi connectivity index (χ3n) is 3.46. The molecule has 1 aromatic carbocycles. The fourth-order valence-corrected chi connectivity index (χ4v) is 4.54. The molecule has 24 heavy (non-hydrogen) atoms. The summed E-state index contributed by atoms with van der Waals surface area (Å²) >= 11 is 4.50. The Morgan fingerprint density at radius 1 is 1.25 bits per heavy atom. The summed E-state index contributed by atoms with van der Waals surface area (Å²) in [4.78, 5) is 4.22. The van der Waals surface area contributed by atoms with Crippen LogP contribution in [-0.2, 0) is 16.6 Å². The van der Waals surface area contributed by atoms with Gasteiger partial charge in [0.25, 0.3) is 10.0 Å². The maximum absolute atomic E-state index is 12.4. The minimum atomic E-state index is -3.64. The maximum atomic E-state index is 12.4. The van der Waals surface area contributed by atoms with Crippen LogP contribution in [0.25, 0.3) is 10.6 Å². The highest BCUT2D eigenvalue weighted by atomic mass is 79.9. The van der Waals surface area contributed by atoms with Crippen molar-refractivity contribution in [1.82, 2.24) is 14.9 Å². The zero-order valence-corrected chi connectivity index (χ0v) is 16.1. The molecule has 0 saturated heterocycles. The van der Waals surface area contributed by atoms with Crippen molar-refractivity contribution >= 4 is 37.3 Å². The standard InChI is InChI=1S/C15H14BrN3O3S2/c1-9-13(10(2)22-19-9)7-18-24(20,21)14-8-17-15(23-14)11-3-5-12(16)6-4-11/h3-6,8,18H,7H2,1-2H3. The smallest absolute Gasteiger partial charge is 0.251 e. The molecule has 0 unspecified atom stereocenters. The molecule has 6 nitrogen and oxygen atoms in total. The largest absolute Gasteiger partial charge is 0.361 e. The van der Waals surface area contributed by atoms with E-state index in [2.05, 4.69) is 30.8 Å². The van der Waals surface area contributed by atoms with Crippen LogP contribution in [0.15, 0.2) is 43.7 Å². The van der Waals surface area contributed by atoms with E-state index in [4.69, 9.17) is 4.52 Å². The Kier molecular flexibility index (Phi) is 4.86. The second-order valence-electron chi connectivity index (χ2n) is 5.12. The molecule has 0 fully saturated rings. The molecule has 0 radical (unpaired) electrons. The van der Waals surface area contributed by atoms with Gasteiger partial charge in [0.15, 0.2) is 4.21 Å². The van der Waals surface area contributed by atoms with Crippen LogP contribution in [0.2, 0.25) is 0 Å². The van der Waals surface area contributed by atoms with Crippen molar-refractivity contribution in [2.75, 3.05) is 0 Å². The van der Waals surface area contributed by atoms with E-state index >= 15 is 0 Å². The Balaban J connectivity index is 1.79. The van der Waals surface area contributed by atoms with E-state index in [0.717, 1.165) is 26.9 Å². The summed E-state index contributed by atoms with van der Waals surface area (Å²) in [7, 11) is -3.64. The van der Waals surface area contributed by atoms with Gasteiger partial charge in [-0.25, -0.2) is 18.1 Å². The minimum absolute atomic E-state index is 0.134. The molecule has 126 valence electrons. The molecule has 0 spiro atoms. The van der Waals surface area contributed by atoms with Crippen molar-refractivity contribution in [2.45, 2.75) is 24.6 Å². The number of benzene rings is 1. The minimum Gasteiger partial charge on any atom is -0.361 e. The summed E-state index contributed by atoms with van der Waals surface area (Å²) in [5.41, 5.74) is 2.29. The molecule has 0 atom stereocenters. The van der Waals surface area contributed by atoms with E-state index < -0.39 is 10.0 Å². The van der Waals surface area contributed by atoms with Gasteiger partial charge < -0.3 is 4.52 Å². The fraction of sp³-hybridized carbons (Fsp3) is 0.200. The van der Waals surface area contributed by atoms with E-state index in [1.165, 1.54) is 6.20 Å². The van der Waals surface area contributed by atoms with Crippen molar-refractivity contribution in [3.63, 3.8) is 0 Å². The third-order valence-corrected chi connectivity index (χ3v) is 6.90. The van der Waals surface area contributed by atoms with Crippen LogP contribution < -0.4 is 4.72 Å². The molecule has 3 aromatic rings. The van der Waals surface area contributed by atoms with Crippen LogP contribution in [0.3, 0.4) is 0 Å². The van der Waals surface area contributed by atoms with Crippen LogP contribution in [-0.4, -0.2) is 18.6 Å². The SMILES string of the molecule is Cc1noc(C)c1CNS(=O)(=O)c1cnc(-c2ccc(Br)cc2)s1. The summed E-state index contributed by atoms with van der Waals surface area (Å²) in [5, 5.41) is 4.47. The number of nitrogens with zero attached hydrogens (tertiary/aromatic N) is 2. The Labute approximate surface area is 152 Å². The van der Waals surface area contributed by atoms with Gasteiger partial charge >= 0.3 is 0 Å². The summed E-state index contributed by atoms with van der Waals surface area (Å²) in [6, 6.07) is 7.55. The van der Waals surface area contributed by atoms with Crippen molar-refractivity contribution < 1.29 is 12.9 Å². The normalized spacial score (nSPS) is 11.8. The lowest BCUT2D eigenvalue weighted by Gasteiger charge is -2.03.